The molecular weight excluding hydrogens is 575 g/mol. The quantitative estimate of drug-likeness (QED) is 0.253. The van der Waals surface area contributed by atoms with Gasteiger partial charge < -0.3 is 25.4 Å². The minimum Gasteiger partial charge on any atom is -0.369 e. The van der Waals surface area contributed by atoms with E-state index in [2.05, 4.69) is 42.7 Å². The fourth-order valence-electron chi connectivity index (χ4n) is 5.29. The minimum absolute atomic E-state index is 0.0565. The van der Waals surface area contributed by atoms with Gasteiger partial charge in [-0.05, 0) is 55.6 Å². The molecule has 14 heteroatoms. The maximum atomic E-state index is 13.8. The largest absolute Gasteiger partial charge is 0.369 e. The topological polar surface area (TPSA) is 147 Å². The third kappa shape index (κ3) is 5.89. The van der Waals surface area contributed by atoms with Crippen molar-refractivity contribution in [1.82, 2.24) is 24.4 Å². The summed E-state index contributed by atoms with van der Waals surface area (Å²) in [6, 6.07) is 13.5. The summed E-state index contributed by atoms with van der Waals surface area (Å²) in [7, 11) is -1.92. The lowest BCUT2D eigenvalue weighted by Gasteiger charge is -2.34. The number of likely N-dealkylation sites (N-methyl/N-ethyl adjacent to an activating group) is 1. The number of anilines is 3. The number of hydrogen-bond acceptors (Lipinski definition) is 7. The van der Waals surface area contributed by atoms with Crippen molar-refractivity contribution in [2.45, 2.75) is 17.9 Å². The molecule has 2 aromatic heterocycles. The summed E-state index contributed by atoms with van der Waals surface area (Å²) < 4.78 is 41.5. The van der Waals surface area contributed by atoms with E-state index < -0.39 is 27.7 Å². The first-order valence-corrected chi connectivity index (χ1v) is 15.3. The fourth-order valence-corrected chi connectivity index (χ4v) is 6.73. The Balaban J connectivity index is 1.26. The van der Waals surface area contributed by atoms with Crippen LogP contribution in [0.3, 0.4) is 0 Å². The Bertz CT molecular complexity index is 1760. The zero-order valence-electron chi connectivity index (χ0n) is 23.4. The molecule has 0 bridgehead atoms. The van der Waals surface area contributed by atoms with E-state index in [0.717, 1.165) is 37.9 Å². The highest BCUT2D eigenvalue weighted by Gasteiger charge is 2.32. The number of nitrogens with one attached hydrogen (secondary N) is 4. The van der Waals surface area contributed by atoms with E-state index in [-0.39, 0.29) is 29.4 Å². The van der Waals surface area contributed by atoms with Gasteiger partial charge in [0.25, 0.3) is 11.8 Å². The van der Waals surface area contributed by atoms with Crippen molar-refractivity contribution in [1.29, 1.82) is 0 Å². The number of carbonyl (C=O) groups excluding carboxylic acids is 2. The van der Waals surface area contributed by atoms with Crippen molar-refractivity contribution >= 4 is 39.0 Å². The van der Waals surface area contributed by atoms with E-state index in [1.165, 1.54) is 22.5 Å². The zero-order valence-corrected chi connectivity index (χ0v) is 24.2. The normalized spacial score (nSPS) is 16.1. The van der Waals surface area contributed by atoms with Crippen LogP contribution in [0.1, 0.15) is 32.1 Å². The van der Waals surface area contributed by atoms with E-state index in [0.29, 0.717) is 29.1 Å². The van der Waals surface area contributed by atoms with Crippen LogP contribution in [0.15, 0.2) is 65.7 Å². The Morgan fingerprint density at radius 3 is 2.51 bits per heavy atom. The molecule has 1 fully saturated rings. The summed E-state index contributed by atoms with van der Waals surface area (Å²) in [4.78, 5) is 33.8. The van der Waals surface area contributed by atoms with Gasteiger partial charge in [0.2, 0.25) is 10.0 Å². The maximum Gasteiger partial charge on any atom is 0.272 e. The van der Waals surface area contributed by atoms with Crippen LogP contribution in [0.4, 0.5) is 21.6 Å². The number of benzene rings is 2. The van der Waals surface area contributed by atoms with Gasteiger partial charge in [-0.25, -0.2) is 12.8 Å². The molecule has 4 aromatic rings. The SMILES string of the molecule is CN1CCN(c2ccc(C(=O)Nc3n[nH]c4c3CN(S(=O)(=O)c3cccc(F)c3)CC4)c(NC(=O)c3ccc[nH]3)c2)CC1. The lowest BCUT2D eigenvalue weighted by atomic mass is 10.1. The summed E-state index contributed by atoms with van der Waals surface area (Å²) in [6.45, 7) is 3.51. The first kappa shape index (κ1) is 28.6. The number of carbonyl (C=O) groups is 2. The first-order valence-electron chi connectivity index (χ1n) is 13.8. The van der Waals surface area contributed by atoms with Gasteiger partial charge in [-0.2, -0.15) is 9.40 Å². The summed E-state index contributed by atoms with van der Waals surface area (Å²) in [5.74, 6) is -1.38. The number of nitrogens with zero attached hydrogens (tertiary/aromatic N) is 4. The van der Waals surface area contributed by atoms with E-state index in [1.54, 1.807) is 30.5 Å². The van der Waals surface area contributed by atoms with Crippen LogP contribution in [0.25, 0.3) is 0 Å². The zero-order chi connectivity index (χ0) is 30.1. The third-order valence-electron chi connectivity index (χ3n) is 7.77. The smallest absolute Gasteiger partial charge is 0.272 e. The molecule has 2 amide bonds. The number of rotatable bonds is 7. The average Bonchev–Trinajstić information content (AvgIpc) is 3.68. The van der Waals surface area contributed by atoms with Gasteiger partial charge in [-0.3, -0.25) is 14.7 Å². The lowest BCUT2D eigenvalue weighted by molar-refractivity contribution is 0.102. The number of piperazine rings is 1. The van der Waals surface area contributed by atoms with Gasteiger partial charge in [0.15, 0.2) is 5.82 Å². The molecule has 0 radical (unpaired) electrons. The molecule has 1 saturated heterocycles. The summed E-state index contributed by atoms with van der Waals surface area (Å²) in [5.41, 5.74) is 2.99. The monoisotopic (exact) mass is 606 g/mol. The van der Waals surface area contributed by atoms with Crippen molar-refractivity contribution < 1.29 is 22.4 Å². The molecule has 2 aliphatic heterocycles. The number of halogens is 1. The van der Waals surface area contributed by atoms with Crippen LogP contribution < -0.4 is 15.5 Å². The van der Waals surface area contributed by atoms with E-state index >= 15 is 0 Å². The molecule has 6 rings (SSSR count). The number of amides is 2. The molecule has 12 nitrogen and oxygen atoms in total. The van der Waals surface area contributed by atoms with Crippen molar-refractivity contribution in [2.24, 2.45) is 0 Å². The highest BCUT2D eigenvalue weighted by molar-refractivity contribution is 7.89. The molecular formula is C29H31FN8O4S. The number of fused-ring (bicyclic) bond motifs is 1. The molecule has 224 valence electrons. The molecule has 0 spiro atoms. The highest BCUT2D eigenvalue weighted by Crippen LogP contribution is 2.30. The molecule has 0 atom stereocenters. The summed E-state index contributed by atoms with van der Waals surface area (Å²) in [5, 5.41) is 12.8. The second kappa shape index (κ2) is 11.6. The van der Waals surface area contributed by atoms with E-state index in [9.17, 15) is 22.4 Å². The van der Waals surface area contributed by atoms with E-state index in [1.807, 2.05) is 6.07 Å². The molecule has 2 aliphatic rings. The van der Waals surface area contributed by atoms with Crippen LogP contribution in [0.2, 0.25) is 0 Å². The second-order valence-corrected chi connectivity index (χ2v) is 12.5. The van der Waals surface area contributed by atoms with Crippen molar-refractivity contribution in [3.05, 3.63) is 89.1 Å². The van der Waals surface area contributed by atoms with Gasteiger partial charge in [-0.15, -0.1) is 0 Å². The molecule has 2 aromatic carbocycles. The van der Waals surface area contributed by atoms with Gasteiger partial charge in [0.1, 0.15) is 11.5 Å². The van der Waals surface area contributed by atoms with Crippen LogP contribution >= 0.6 is 0 Å². The number of aromatic amines is 2. The second-order valence-electron chi connectivity index (χ2n) is 10.6. The molecule has 4 N–H and O–H groups in total. The van der Waals surface area contributed by atoms with Gasteiger partial charge in [-0.1, -0.05) is 6.07 Å². The molecule has 0 aliphatic carbocycles. The Labute approximate surface area is 247 Å². The Morgan fingerprint density at radius 1 is 0.953 bits per heavy atom. The molecule has 43 heavy (non-hydrogen) atoms. The van der Waals surface area contributed by atoms with Crippen LogP contribution in [0.5, 0.6) is 0 Å². The van der Waals surface area contributed by atoms with Crippen LogP contribution in [-0.2, 0) is 23.0 Å². The van der Waals surface area contributed by atoms with Crippen molar-refractivity contribution in [2.75, 3.05) is 55.3 Å². The van der Waals surface area contributed by atoms with Gasteiger partial charge in [0.05, 0.1) is 16.1 Å². The standard InChI is InChI=1S/C29H31FN8O4S/c1-36-12-14-37(15-13-36)20-7-8-22(26(17-20)32-29(40)25-6-3-10-31-25)28(39)33-27-23-18-38(11-9-24(23)34-35-27)43(41,42)21-5-2-4-19(30)16-21/h2-8,10,16-17,31H,9,11-15,18H2,1H3,(H,32,40)(H2,33,34,35,39). The average molecular weight is 607 g/mol. The fraction of sp³-hybridized carbons (Fsp3) is 0.276. The van der Waals surface area contributed by atoms with Crippen LogP contribution in [0, 0.1) is 5.82 Å². The predicted molar refractivity (Wildman–Crippen MR) is 159 cm³/mol. The number of sulfonamides is 1. The minimum atomic E-state index is -3.98. The predicted octanol–water partition coefficient (Wildman–Crippen LogP) is 2.88. The third-order valence-corrected chi connectivity index (χ3v) is 9.61. The van der Waals surface area contributed by atoms with Crippen molar-refractivity contribution in [3.63, 3.8) is 0 Å². The Hall–Kier alpha value is -4.53. The molecule has 4 heterocycles. The van der Waals surface area contributed by atoms with Gasteiger partial charge >= 0.3 is 0 Å². The number of hydrogen-bond donors (Lipinski definition) is 4. The Morgan fingerprint density at radius 2 is 1.77 bits per heavy atom. The maximum absolute atomic E-state index is 13.8. The molecule has 0 saturated carbocycles. The highest BCUT2D eigenvalue weighted by atomic mass is 32.2. The van der Waals surface area contributed by atoms with Crippen molar-refractivity contribution in [3.8, 4) is 0 Å². The van der Waals surface area contributed by atoms with Crippen LogP contribution in [-0.4, -0.2) is 84.4 Å². The molecule has 0 unspecified atom stereocenters. The first-order chi connectivity index (χ1) is 20.7. The summed E-state index contributed by atoms with van der Waals surface area (Å²) >= 11 is 0. The number of H-pyrrole nitrogens is 2. The van der Waals surface area contributed by atoms with E-state index in [4.69, 9.17) is 0 Å². The lowest BCUT2D eigenvalue weighted by Crippen LogP contribution is -2.44. The Kier molecular flexibility index (Phi) is 7.73. The summed E-state index contributed by atoms with van der Waals surface area (Å²) in [6.07, 6.45) is 1.98. The van der Waals surface area contributed by atoms with Gasteiger partial charge in [0, 0.05) is 68.8 Å². The number of aromatic nitrogens is 3.